The molecule has 0 N–H and O–H groups in total. The van der Waals surface area contributed by atoms with Crippen LogP contribution in [-0.4, -0.2) is 39.8 Å². The number of hydrogen-bond acceptors (Lipinski definition) is 7. The molecule has 138 valence electrons. The molecule has 1 aromatic rings. The maximum absolute atomic E-state index is 12.8. The fraction of sp³-hybridized carbons (Fsp3) is 0.412. The lowest BCUT2D eigenvalue weighted by Gasteiger charge is -2.13. The van der Waals surface area contributed by atoms with Gasteiger partial charge in [0.2, 0.25) is 9.84 Å². The highest BCUT2D eigenvalue weighted by molar-refractivity contribution is 8.18. The van der Waals surface area contributed by atoms with Crippen molar-refractivity contribution in [1.29, 1.82) is 0 Å². The van der Waals surface area contributed by atoms with Gasteiger partial charge in [0, 0.05) is 0 Å². The van der Waals surface area contributed by atoms with E-state index in [2.05, 4.69) is 0 Å². The maximum Gasteiger partial charge on any atom is 0.324 e. The van der Waals surface area contributed by atoms with Crippen LogP contribution in [0.5, 0.6) is 0 Å². The van der Waals surface area contributed by atoms with Crippen LogP contribution in [-0.2, 0) is 28.9 Å². The Hall–Kier alpha value is -1.80. The molecule has 0 aromatic heterocycles. The van der Waals surface area contributed by atoms with E-state index in [0.717, 1.165) is 23.4 Å². The van der Waals surface area contributed by atoms with Crippen LogP contribution in [0.1, 0.15) is 19.4 Å². The van der Waals surface area contributed by atoms with Crippen molar-refractivity contribution in [2.45, 2.75) is 25.7 Å². The van der Waals surface area contributed by atoms with Gasteiger partial charge >= 0.3 is 11.9 Å². The Morgan fingerprint density at radius 1 is 1.08 bits per heavy atom. The Kier molecular flexibility index (Phi) is 8.18. The molecule has 1 aromatic carbocycles. The fourth-order valence-corrected chi connectivity index (χ4v) is 4.41. The average Bonchev–Trinajstić information content (AvgIpc) is 2.56. The molecule has 0 saturated carbocycles. The monoisotopic (exact) mass is 386 g/mol. The first-order valence-corrected chi connectivity index (χ1v) is 10.4. The van der Waals surface area contributed by atoms with Gasteiger partial charge in [-0.2, -0.15) is 0 Å². The Morgan fingerprint density at radius 3 is 1.96 bits per heavy atom. The van der Waals surface area contributed by atoms with Crippen LogP contribution in [0.15, 0.2) is 39.5 Å². The van der Waals surface area contributed by atoms with Gasteiger partial charge in [0.15, 0.2) is 5.92 Å². The van der Waals surface area contributed by atoms with E-state index < -0.39 is 27.7 Å². The third-order valence-corrected chi connectivity index (χ3v) is 6.44. The Morgan fingerprint density at radius 2 is 1.56 bits per heavy atom. The van der Waals surface area contributed by atoms with Crippen LogP contribution < -0.4 is 0 Å². The van der Waals surface area contributed by atoms with E-state index in [1.54, 1.807) is 32.2 Å². The number of sulfone groups is 1. The lowest BCUT2D eigenvalue weighted by molar-refractivity contribution is -0.158. The second kappa shape index (κ2) is 9.62. The molecule has 0 unspecified atom stereocenters. The van der Waals surface area contributed by atoms with Gasteiger partial charge in [-0.25, -0.2) is 8.42 Å². The number of aryl methyl sites for hydroxylation is 1. The van der Waals surface area contributed by atoms with E-state index in [1.165, 1.54) is 12.1 Å². The summed E-state index contributed by atoms with van der Waals surface area (Å²) < 4.78 is 35.2. The highest BCUT2D eigenvalue weighted by atomic mass is 32.3. The highest BCUT2D eigenvalue weighted by Gasteiger charge is 2.31. The van der Waals surface area contributed by atoms with Gasteiger partial charge in [0.05, 0.1) is 18.1 Å². The van der Waals surface area contributed by atoms with Gasteiger partial charge in [-0.05, 0) is 45.2 Å². The first-order chi connectivity index (χ1) is 11.8. The van der Waals surface area contributed by atoms with Crippen molar-refractivity contribution < 1.29 is 27.5 Å². The highest BCUT2D eigenvalue weighted by Crippen LogP contribution is 2.29. The molecule has 0 aliphatic carbocycles. The Balaban J connectivity index is 3.32. The molecule has 0 bridgehead atoms. The molecular formula is C17H22O6S2. The van der Waals surface area contributed by atoms with Crippen molar-refractivity contribution in [1.82, 2.24) is 0 Å². The van der Waals surface area contributed by atoms with Crippen molar-refractivity contribution in [2.75, 3.05) is 19.5 Å². The number of ether oxygens (including phenoxy) is 2. The molecule has 0 heterocycles. The minimum absolute atomic E-state index is 0.0713. The number of rotatable bonds is 8. The summed E-state index contributed by atoms with van der Waals surface area (Å²) in [6.45, 7) is 5.19. The topological polar surface area (TPSA) is 86.7 Å². The van der Waals surface area contributed by atoms with Crippen LogP contribution in [0.4, 0.5) is 0 Å². The summed E-state index contributed by atoms with van der Waals surface area (Å²) >= 11 is 0.933. The summed E-state index contributed by atoms with van der Waals surface area (Å²) in [5.41, 5.74) is 0.921. The number of benzene rings is 1. The average molecular weight is 386 g/mol. The van der Waals surface area contributed by atoms with Gasteiger partial charge < -0.3 is 9.47 Å². The molecule has 0 atom stereocenters. The minimum Gasteiger partial charge on any atom is -0.465 e. The fourth-order valence-electron chi connectivity index (χ4n) is 1.93. The lowest BCUT2D eigenvalue weighted by atomic mass is 10.1. The minimum atomic E-state index is -3.85. The summed E-state index contributed by atoms with van der Waals surface area (Å²) in [5, 5.41) is 0. The van der Waals surface area contributed by atoms with Gasteiger partial charge in [-0.15, -0.1) is 11.8 Å². The molecule has 0 aliphatic heterocycles. The molecule has 1 rings (SSSR count). The molecule has 6 nitrogen and oxygen atoms in total. The van der Waals surface area contributed by atoms with Gasteiger partial charge in [0.1, 0.15) is 4.24 Å². The van der Waals surface area contributed by atoms with E-state index in [-0.39, 0.29) is 22.3 Å². The van der Waals surface area contributed by atoms with Crippen molar-refractivity contribution in [2.24, 2.45) is 5.92 Å². The van der Waals surface area contributed by atoms with Crippen molar-refractivity contribution in [3.63, 3.8) is 0 Å². The molecule has 0 saturated heterocycles. The first-order valence-electron chi connectivity index (χ1n) is 7.68. The van der Waals surface area contributed by atoms with Crippen LogP contribution in [0.25, 0.3) is 0 Å². The van der Waals surface area contributed by atoms with E-state index in [9.17, 15) is 18.0 Å². The standard InChI is InChI=1S/C17H22O6S2/c1-5-22-16(18)14(17(19)23-6-2)11-15(24-4)25(20,21)13-9-7-12(3)8-10-13/h7-11,14H,5-6H2,1-4H3/b15-11+. The zero-order valence-electron chi connectivity index (χ0n) is 14.6. The smallest absolute Gasteiger partial charge is 0.324 e. The van der Waals surface area contributed by atoms with Crippen LogP contribution in [0.2, 0.25) is 0 Å². The zero-order chi connectivity index (χ0) is 19.0. The summed E-state index contributed by atoms with van der Waals surface area (Å²) in [6, 6.07) is 6.33. The molecule has 0 spiro atoms. The van der Waals surface area contributed by atoms with E-state index >= 15 is 0 Å². The second-order valence-electron chi connectivity index (χ2n) is 4.99. The maximum atomic E-state index is 12.8. The molecule has 8 heteroatoms. The van der Waals surface area contributed by atoms with E-state index in [1.807, 2.05) is 6.92 Å². The van der Waals surface area contributed by atoms with Crippen LogP contribution in [0, 0.1) is 12.8 Å². The third kappa shape index (κ3) is 5.61. The SMILES string of the molecule is CCOC(=O)C(/C=C(\SC)S(=O)(=O)c1ccc(C)cc1)C(=O)OCC. The Labute approximate surface area is 152 Å². The normalized spacial score (nSPS) is 12.1. The zero-order valence-corrected chi connectivity index (χ0v) is 16.3. The lowest BCUT2D eigenvalue weighted by Crippen LogP contribution is -2.27. The molecule has 0 aliphatic rings. The molecule has 0 amide bonds. The van der Waals surface area contributed by atoms with Gasteiger partial charge in [-0.3, -0.25) is 9.59 Å². The number of hydrogen-bond donors (Lipinski definition) is 0. The number of esters is 2. The second-order valence-corrected chi connectivity index (χ2v) is 8.01. The summed E-state index contributed by atoms with van der Waals surface area (Å²) in [6.07, 6.45) is 2.65. The van der Waals surface area contributed by atoms with Crippen molar-refractivity contribution in [3.05, 3.63) is 40.1 Å². The van der Waals surface area contributed by atoms with Crippen molar-refractivity contribution in [3.8, 4) is 0 Å². The molecule has 0 radical (unpaired) electrons. The Bertz CT molecular complexity index is 717. The molecule has 25 heavy (non-hydrogen) atoms. The summed E-state index contributed by atoms with van der Waals surface area (Å²) in [7, 11) is -3.85. The number of carbonyl (C=O) groups excluding carboxylic acids is 2. The predicted octanol–water partition coefficient (Wildman–Crippen LogP) is 2.72. The summed E-state index contributed by atoms with van der Waals surface area (Å²) in [5.74, 6) is -3.11. The van der Waals surface area contributed by atoms with Crippen LogP contribution in [0.3, 0.4) is 0 Å². The van der Waals surface area contributed by atoms with E-state index in [4.69, 9.17) is 9.47 Å². The quantitative estimate of drug-likeness (QED) is 0.501. The van der Waals surface area contributed by atoms with Gasteiger partial charge in [0.25, 0.3) is 0 Å². The molecular weight excluding hydrogens is 364 g/mol. The van der Waals surface area contributed by atoms with Crippen molar-refractivity contribution >= 4 is 33.5 Å². The van der Waals surface area contributed by atoms with Crippen LogP contribution >= 0.6 is 11.8 Å². The van der Waals surface area contributed by atoms with E-state index in [0.29, 0.717) is 0 Å². The van der Waals surface area contributed by atoms with Gasteiger partial charge in [-0.1, -0.05) is 17.7 Å². The predicted molar refractivity (Wildman–Crippen MR) is 96.7 cm³/mol. The third-order valence-electron chi connectivity index (χ3n) is 3.18. The summed E-state index contributed by atoms with van der Waals surface area (Å²) in [4.78, 5) is 24.2. The largest absolute Gasteiger partial charge is 0.465 e. The first kappa shape index (κ1) is 21.2. The number of thioether (sulfide) groups is 1. The molecule has 0 fully saturated rings. The number of carbonyl (C=O) groups is 2.